The Morgan fingerprint density at radius 2 is 1.08 bits per heavy atom. The molecule has 4 heterocycles. The lowest BCUT2D eigenvalue weighted by Gasteiger charge is -2.12. The fraction of sp³-hybridized carbons (Fsp3) is 0. The van der Waals surface area contributed by atoms with Crippen molar-refractivity contribution in [2.45, 2.75) is 0 Å². The van der Waals surface area contributed by atoms with Gasteiger partial charge in [-0.3, -0.25) is 14.5 Å². The number of aromatic nitrogens is 6. The summed E-state index contributed by atoms with van der Waals surface area (Å²) in [5.74, 6) is 1.43. The third-order valence-corrected chi connectivity index (χ3v) is 6.44. The molecular formula is C30H20N6. The highest BCUT2D eigenvalue weighted by Gasteiger charge is 2.18. The lowest BCUT2D eigenvalue weighted by molar-refractivity contribution is 1.05. The molecule has 6 nitrogen and oxygen atoms in total. The largest absolute Gasteiger partial charge is 0.309 e. The van der Waals surface area contributed by atoms with Crippen molar-refractivity contribution in [1.29, 1.82) is 0 Å². The molecule has 6 heteroatoms. The minimum absolute atomic E-state index is 0.684. The molecule has 0 radical (unpaired) electrons. The molecule has 0 N–H and O–H groups in total. The van der Waals surface area contributed by atoms with Crippen molar-refractivity contribution in [2.24, 2.45) is 0 Å². The van der Waals surface area contributed by atoms with Gasteiger partial charge < -0.3 is 4.57 Å². The van der Waals surface area contributed by atoms with Gasteiger partial charge >= 0.3 is 0 Å². The van der Waals surface area contributed by atoms with Crippen LogP contribution in [-0.4, -0.2) is 29.3 Å². The van der Waals surface area contributed by atoms with E-state index in [4.69, 9.17) is 0 Å². The molecule has 0 aliphatic carbocycles. The van der Waals surface area contributed by atoms with Gasteiger partial charge in [-0.1, -0.05) is 42.5 Å². The molecule has 0 unspecified atom stereocenters. The minimum atomic E-state index is 0.684. The molecule has 0 saturated carbocycles. The van der Waals surface area contributed by atoms with Crippen LogP contribution in [0.3, 0.4) is 0 Å². The van der Waals surface area contributed by atoms with Gasteiger partial charge in [-0.15, -0.1) is 10.2 Å². The molecule has 0 bridgehead atoms. The normalized spacial score (nSPS) is 11.3. The van der Waals surface area contributed by atoms with Gasteiger partial charge in [0.15, 0.2) is 11.6 Å². The van der Waals surface area contributed by atoms with Crippen molar-refractivity contribution in [2.75, 3.05) is 0 Å². The third kappa shape index (κ3) is 3.20. The second kappa shape index (κ2) is 8.29. The van der Waals surface area contributed by atoms with Crippen molar-refractivity contribution in [3.8, 4) is 34.3 Å². The van der Waals surface area contributed by atoms with E-state index in [1.807, 2.05) is 34.9 Å². The highest BCUT2D eigenvalue weighted by molar-refractivity contribution is 6.09. The maximum absolute atomic E-state index is 4.58. The van der Waals surface area contributed by atoms with E-state index < -0.39 is 0 Å². The quantitative estimate of drug-likeness (QED) is 0.299. The zero-order valence-electron chi connectivity index (χ0n) is 19.2. The predicted molar refractivity (Wildman–Crippen MR) is 142 cm³/mol. The van der Waals surface area contributed by atoms with E-state index in [9.17, 15) is 0 Å². The first-order valence-corrected chi connectivity index (χ1v) is 11.7. The third-order valence-electron chi connectivity index (χ3n) is 6.44. The molecule has 0 fully saturated rings. The van der Waals surface area contributed by atoms with Crippen LogP contribution in [0.25, 0.3) is 56.1 Å². The molecule has 0 spiro atoms. The van der Waals surface area contributed by atoms with E-state index in [1.54, 1.807) is 18.6 Å². The maximum Gasteiger partial charge on any atom is 0.187 e. The monoisotopic (exact) mass is 464 g/mol. The summed E-state index contributed by atoms with van der Waals surface area (Å²) in [4.78, 5) is 8.68. The summed E-state index contributed by atoms with van der Waals surface area (Å²) in [6.07, 6.45) is 5.31. The Morgan fingerprint density at radius 1 is 0.472 bits per heavy atom. The number of pyridine rings is 2. The van der Waals surface area contributed by atoms with Crippen LogP contribution in [0.4, 0.5) is 0 Å². The van der Waals surface area contributed by atoms with E-state index in [-0.39, 0.29) is 0 Å². The summed E-state index contributed by atoms with van der Waals surface area (Å²) >= 11 is 0. The number of rotatable bonds is 4. The summed E-state index contributed by atoms with van der Waals surface area (Å²) in [6, 6.07) is 35.2. The molecular weight excluding hydrogens is 444 g/mol. The van der Waals surface area contributed by atoms with Crippen molar-refractivity contribution in [3.05, 3.63) is 122 Å². The van der Waals surface area contributed by atoms with E-state index in [1.165, 1.54) is 21.8 Å². The fourth-order valence-corrected chi connectivity index (χ4v) is 4.83. The average molecular weight is 465 g/mol. The van der Waals surface area contributed by atoms with Crippen LogP contribution in [0.1, 0.15) is 0 Å². The van der Waals surface area contributed by atoms with Crippen LogP contribution in [0, 0.1) is 0 Å². The average Bonchev–Trinajstić information content (AvgIpc) is 3.54. The van der Waals surface area contributed by atoms with Crippen molar-refractivity contribution in [1.82, 2.24) is 29.3 Å². The van der Waals surface area contributed by atoms with E-state index in [0.29, 0.717) is 5.82 Å². The van der Waals surface area contributed by atoms with Gasteiger partial charge in [0.25, 0.3) is 0 Å². The number of para-hydroxylation sites is 2. The lowest BCUT2D eigenvalue weighted by atomic mass is 10.1. The Labute approximate surface area is 207 Å². The van der Waals surface area contributed by atoms with Gasteiger partial charge in [-0.25, -0.2) is 0 Å². The topological polar surface area (TPSA) is 61.4 Å². The summed E-state index contributed by atoms with van der Waals surface area (Å²) in [5, 5.41) is 11.6. The molecule has 0 saturated heterocycles. The summed E-state index contributed by atoms with van der Waals surface area (Å²) in [7, 11) is 0. The van der Waals surface area contributed by atoms with E-state index in [2.05, 4.69) is 97.5 Å². The molecule has 0 aliphatic heterocycles. The lowest BCUT2D eigenvalue weighted by Crippen LogP contribution is -2.01. The molecule has 0 amide bonds. The first-order chi connectivity index (χ1) is 17.9. The molecule has 4 aromatic heterocycles. The van der Waals surface area contributed by atoms with Gasteiger partial charge in [0, 0.05) is 40.6 Å². The zero-order valence-corrected chi connectivity index (χ0v) is 19.2. The Hall–Kier alpha value is -5.10. The zero-order chi connectivity index (χ0) is 23.9. The molecule has 7 rings (SSSR count). The van der Waals surface area contributed by atoms with Crippen molar-refractivity contribution in [3.63, 3.8) is 0 Å². The Morgan fingerprint density at radius 3 is 1.75 bits per heavy atom. The van der Waals surface area contributed by atoms with E-state index in [0.717, 1.165) is 28.5 Å². The number of benzene rings is 3. The minimum Gasteiger partial charge on any atom is -0.309 e. The van der Waals surface area contributed by atoms with Gasteiger partial charge in [0.05, 0.1) is 16.7 Å². The second-order valence-corrected chi connectivity index (χ2v) is 8.52. The highest BCUT2D eigenvalue weighted by atomic mass is 15.3. The number of fused-ring (bicyclic) bond motifs is 3. The van der Waals surface area contributed by atoms with Gasteiger partial charge in [-0.05, 0) is 60.7 Å². The number of nitrogens with zero attached hydrogens (tertiary/aromatic N) is 6. The van der Waals surface area contributed by atoms with Crippen LogP contribution >= 0.6 is 0 Å². The Kier molecular flexibility index (Phi) is 4.67. The fourth-order valence-electron chi connectivity index (χ4n) is 4.83. The first-order valence-electron chi connectivity index (χ1n) is 11.7. The summed E-state index contributed by atoms with van der Waals surface area (Å²) < 4.78 is 4.33. The highest BCUT2D eigenvalue weighted by Crippen LogP contribution is 2.33. The Bertz CT molecular complexity index is 1760. The Balaban J connectivity index is 1.39. The first kappa shape index (κ1) is 20.3. The molecule has 0 atom stereocenters. The standard InChI is InChI=1S/C30H20N6/c1-3-10-27-24(7-1)25-8-2-4-11-28(25)35(27)22-14-12-21(13-15-22)29-33-34-30(26-9-5-6-18-32-26)36(29)23-16-19-31-20-17-23/h1-20H. The van der Waals surface area contributed by atoms with Crippen LogP contribution < -0.4 is 0 Å². The molecule has 0 aliphatic rings. The van der Waals surface area contributed by atoms with Crippen LogP contribution in [0.5, 0.6) is 0 Å². The van der Waals surface area contributed by atoms with Crippen LogP contribution in [-0.2, 0) is 0 Å². The SMILES string of the molecule is c1ccc(-c2nnc(-c3ccc(-n4c5ccccc5c5ccccc54)cc3)n2-c2ccncc2)nc1. The van der Waals surface area contributed by atoms with Gasteiger partial charge in [-0.2, -0.15) is 0 Å². The number of hydrogen-bond acceptors (Lipinski definition) is 4. The predicted octanol–water partition coefficient (Wildman–Crippen LogP) is 6.49. The van der Waals surface area contributed by atoms with Crippen molar-refractivity contribution < 1.29 is 0 Å². The molecule has 3 aromatic carbocycles. The van der Waals surface area contributed by atoms with Gasteiger partial charge in [0.2, 0.25) is 0 Å². The maximum atomic E-state index is 4.58. The van der Waals surface area contributed by atoms with E-state index >= 15 is 0 Å². The second-order valence-electron chi connectivity index (χ2n) is 8.52. The van der Waals surface area contributed by atoms with Gasteiger partial charge in [0.1, 0.15) is 5.69 Å². The summed E-state index contributed by atoms with van der Waals surface area (Å²) in [6.45, 7) is 0. The van der Waals surface area contributed by atoms with Crippen LogP contribution in [0.2, 0.25) is 0 Å². The summed E-state index contributed by atoms with van der Waals surface area (Å²) in [5.41, 5.74) is 6.11. The molecule has 36 heavy (non-hydrogen) atoms. The van der Waals surface area contributed by atoms with Crippen molar-refractivity contribution >= 4 is 21.8 Å². The molecule has 7 aromatic rings. The number of hydrogen-bond donors (Lipinski definition) is 0. The molecule has 170 valence electrons. The smallest absolute Gasteiger partial charge is 0.187 e. The van der Waals surface area contributed by atoms with Crippen LogP contribution in [0.15, 0.2) is 122 Å².